The second-order valence-corrected chi connectivity index (χ2v) is 8.79. The summed E-state index contributed by atoms with van der Waals surface area (Å²) in [7, 11) is 0. The second-order valence-electron chi connectivity index (χ2n) is 8.79. The third-order valence-corrected chi connectivity index (χ3v) is 4.89. The first-order chi connectivity index (χ1) is 14.7. The third kappa shape index (κ3) is 4.19. The highest BCUT2D eigenvalue weighted by molar-refractivity contribution is 6.06. The van der Waals surface area contributed by atoms with Crippen LogP contribution in [0.15, 0.2) is 47.1 Å². The summed E-state index contributed by atoms with van der Waals surface area (Å²) in [6, 6.07) is 11.7. The van der Waals surface area contributed by atoms with Gasteiger partial charge < -0.3 is 9.84 Å². The molecule has 1 aromatic carbocycles. The minimum absolute atomic E-state index is 0.113. The van der Waals surface area contributed by atoms with E-state index in [-0.39, 0.29) is 23.9 Å². The van der Waals surface area contributed by atoms with Crippen LogP contribution in [-0.4, -0.2) is 30.8 Å². The molecule has 0 saturated carbocycles. The Morgan fingerprint density at radius 2 is 1.90 bits per heavy atom. The molecule has 8 nitrogen and oxygen atoms in total. The number of hydrogen-bond acceptors (Lipinski definition) is 6. The maximum Gasteiger partial charge on any atom is 0.252 e. The number of amides is 1. The summed E-state index contributed by atoms with van der Waals surface area (Å²) >= 11 is 0. The number of carbonyl (C=O) groups excluding carboxylic acids is 1. The van der Waals surface area contributed by atoms with Gasteiger partial charge in [0, 0.05) is 17.0 Å². The minimum Gasteiger partial charge on any atom is -0.345 e. The highest BCUT2D eigenvalue weighted by Crippen LogP contribution is 2.26. The van der Waals surface area contributed by atoms with Crippen LogP contribution in [0.1, 0.15) is 62.7 Å². The fourth-order valence-corrected chi connectivity index (χ4v) is 3.23. The molecule has 1 N–H and O–H groups in total. The number of rotatable bonds is 5. The van der Waals surface area contributed by atoms with Crippen molar-refractivity contribution in [3.05, 3.63) is 59.9 Å². The number of carbonyl (C=O) groups is 1. The minimum atomic E-state index is -0.247. The first-order valence-corrected chi connectivity index (χ1v) is 10.3. The molecule has 0 radical (unpaired) electrons. The molecule has 4 rings (SSSR count). The van der Waals surface area contributed by atoms with Crippen LogP contribution in [0.4, 0.5) is 0 Å². The van der Waals surface area contributed by atoms with Crippen molar-refractivity contribution in [1.29, 1.82) is 0 Å². The molecule has 0 saturated heterocycles. The first kappa shape index (κ1) is 20.7. The van der Waals surface area contributed by atoms with Gasteiger partial charge in [-0.2, -0.15) is 10.1 Å². The Kier molecular flexibility index (Phi) is 5.31. The Labute approximate surface area is 180 Å². The van der Waals surface area contributed by atoms with Gasteiger partial charge in [0.2, 0.25) is 5.89 Å². The molecule has 31 heavy (non-hydrogen) atoms. The summed E-state index contributed by atoms with van der Waals surface area (Å²) in [4.78, 5) is 22.3. The van der Waals surface area contributed by atoms with E-state index in [1.807, 2.05) is 69.6 Å². The molecule has 0 aliphatic heterocycles. The number of benzene rings is 1. The van der Waals surface area contributed by atoms with Gasteiger partial charge in [-0.15, -0.1) is 0 Å². The SMILES string of the molecule is CC(C)n1ncc2c(C(=O)NCc3noc(C(C)(C)C)n3)cc(-c3ccccc3)nc21. The van der Waals surface area contributed by atoms with Crippen molar-refractivity contribution < 1.29 is 9.32 Å². The lowest BCUT2D eigenvalue weighted by Crippen LogP contribution is -2.24. The molecule has 0 spiro atoms. The van der Waals surface area contributed by atoms with E-state index >= 15 is 0 Å². The third-order valence-electron chi connectivity index (χ3n) is 4.89. The van der Waals surface area contributed by atoms with E-state index in [0.717, 1.165) is 11.3 Å². The molecular formula is C23H26N6O2. The van der Waals surface area contributed by atoms with Gasteiger partial charge in [-0.05, 0) is 19.9 Å². The number of nitrogens with one attached hydrogen (secondary N) is 1. The van der Waals surface area contributed by atoms with Crippen LogP contribution in [0.2, 0.25) is 0 Å². The Balaban J connectivity index is 1.68. The normalized spacial score (nSPS) is 11.9. The lowest BCUT2D eigenvalue weighted by Gasteiger charge is -2.11. The Morgan fingerprint density at radius 3 is 2.55 bits per heavy atom. The number of pyridine rings is 1. The molecule has 3 heterocycles. The summed E-state index contributed by atoms with van der Waals surface area (Å²) in [5, 5.41) is 12.0. The van der Waals surface area contributed by atoms with Crippen LogP contribution in [0, 0.1) is 0 Å². The second kappa shape index (κ2) is 7.94. The first-order valence-electron chi connectivity index (χ1n) is 10.3. The van der Waals surface area contributed by atoms with Gasteiger partial charge in [-0.25, -0.2) is 9.67 Å². The summed E-state index contributed by atoms with van der Waals surface area (Å²) in [5.41, 5.74) is 2.59. The molecule has 0 aliphatic rings. The smallest absolute Gasteiger partial charge is 0.252 e. The highest BCUT2D eigenvalue weighted by Gasteiger charge is 2.23. The van der Waals surface area contributed by atoms with Crippen molar-refractivity contribution in [2.45, 2.75) is 52.6 Å². The van der Waals surface area contributed by atoms with Gasteiger partial charge in [0.05, 0.1) is 29.4 Å². The van der Waals surface area contributed by atoms with Crippen LogP contribution in [0.25, 0.3) is 22.3 Å². The predicted molar refractivity (Wildman–Crippen MR) is 118 cm³/mol. The van der Waals surface area contributed by atoms with Crippen LogP contribution in [-0.2, 0) is 12.0 Å². The van der Waals surface area contributed by atoms with Gasteiger partial charge in [0.1, 0.15) is 0 Å². The predicted octanol–water partition coefficient (Wildman–Crippen LogP) is 4.29. The molecule has 160 valence electrons. The maximum absolute atomic E-state index is 13.1. The summed E-state index contributed by atoms with van der Waals surface area (Å²) in [6.45, 7) is 10.2. The zero-order valence-electron chi connectivity index (χ0n) is 18.4. The Morgan fingerprint density at radius 1 is 1.16 bits per heavy atom. The van der Waals surface area contributed by atoms with Crippen LogP contribution < -0.4 is 5.32 Å². The quantitative estimate of drug-likeness (QED) is 0.519. The van der Waals surface area contributed by atoms with Crippen molar-refractivity contribution >= 4 is 16.9 Å². The Hall–Kier alpha value is -3.55. The molecule has 0 fully saturated rings. The van der Waals surface area contributed by atoms with E-state index in [4.69, 9.17) is 9.51 Å². The van der Waals surface area contributed by atoms with Crippen molar-refractivity contribution in [2.75, 3.05) is 0 Å². The van der Waals surface area contributed by atoms with E-state index in [9.17, 15) is 4.79 Å². The van der Waals surface area contributed by atoms with Gasteiger partial charge in [-0.3, -0.25) is 4.79 Å². The molecule has 0 bridgehead atoms. The summed E-state index contributed by atoms with van der Waals surface area (Å²) in [5.74, 6) is 0.729. The topological polar surface area (TPSA) is 98.7 Å². The monoisotopic (exact) mass is 418 g/mol. The zero-order chi connectivity index (χ0) is 22.2. The van der Waals surface area contributed by atoms with Crippen LogP contribution >= 0.6 is 0 Å². The van der Waals surface area contributed by atoms with Gasteiger partial charge >= 0.3 is 0 Å². The average Bonchev–Trinajstić information content (AvgIpc) is 3.39. The fourth-order valence-electron chi connectivity index (χ4n) is 3.23. The summed E-state index contributed by atoms with van der Waals surface area (Å²) in [6.07, 6.45) is 1.69. The van der Waals surface area contributed by atoms with Gasteiger partial charge in [-0.1, -0.05) is 56.3 Å². The zero-order valence-corrected chi connectivity index (χ0v) is 18.4. The van der Waals surface area contributed by atoms with Crippen molar-refractivity contribution in [3.63, 3.8) is 0 Å². The summed E-state index contributed by atoms with van der Waals surface area (Å²) < 4.78 is 7.13. The molecule has 1 amide bonds. The average molecular weight is 419 g/mol. The van der Waals surface area contributed by atoms with E-state index in [2.05, 4.69) is 20.6 Å². The number of hydrogen-bond donors (Lipinski definition) is 1. The van der Waals surface area contributed by atoms with Crippen LogP contribution in [0.3, 0.4) is 0 Å². The molecule has 8 heteroatoms. The van der Waals surface area contributed by atoms with E-state index in [1.165, 1.54) is 0 Å². The largest absolute Gasteiger partial charge is 0.345 e. The molecule has 0 atom stereocenters. The van der Waals surface area contributed by atoms with Gasteiger partial charge in [0.25, 0.3) is 5.91 Å². The molecule has 0 aliphatic carbocycles. The lowest BCUT2D eigenvalue weighted by molar-refractivity contribution is 0.0951. The number of fused-ring (bicyclic) bond motifs is 1. The van der Waals surface area contributed by atoms with Gasteiger partial charge in [0.15, 0.2) is 11.5 Å². The van der Waals surface area contributed by atoms with Crippen molar-refractivity contribution in [3.8, 4) is 11.3 Å². The standard InChI is InChI=1S/C23H26N6O2/c1-14(2)29-20-17(12-25-29)16(11-18(26-20)15-9-7-6-8-10-15)21(30)24-13-19-27-22(31-28-19)23(3,4)5/h6-12,14H,13H2,1-5H3,(H,24,30). The highest BCUT2D eigenvalue weighted by atomic mass is 16.5. The Bertz CT molecular complexity index is 1220. The van der Waals surface area contributed by atoms with E-state index < -0.39 is 0 Å². The molecular weight excluding hydrogens is 392 g/mol. The number of nitrogens with zero attached hydrogens (tertiary/aromatic N) is 5. The van der Waals surface area contributed by atoms with Crippen LogP contribution in [0.5, 0.6) is 0 Å². The molecule has 0 unspecified atom stereocenters. The van der Waals surface area contributed by atoms with Crippen molar-refractivity contribution in [2.24, 2.45) is 0 Å². The van der Waals surface area contributed by atoms with E-state index in [0.29, 0.717) is 28.3 Å². The lowest BCUT2D eigenvalue weighted by atomic mass is 9.97. The van der Waals surface area contributed by atoms with E-state index in [1.54, 1.807) is 12.3 Å². The molecule has 4 aromatic rings. The maximum atomic E-state index is 13.1. The number of aromatic nitrogens is 5. The molecule has 3 aromatic heterocycles. The fraction of sp³-hybridized carbons (Fsp3) is 0.348. The van der Waals surface area contributed by atoms with Crippen molar-refractivity contribution in [1.82, 2.24) is 30.2 Å².